The number of rotatable bonds is 3. The molecule has 5 nitrogen and oxygen atoms in total. The van der Waals surface area contributed by atoms with Crippen LogP contribution in [0.4, 0.5) is 0 Å². The van der Waals surface area contributed by atoms with Crippen molar-refractivity contribution >= 4 is 16.8 Å². The zero-order chi connectivity index (χ0) is 16.0. The van der Waals surface area contributed by atoms with Crippen LogP contribution in [-0.2, 0) is 0 Å². The van der Waals surface area contributed by atoms with Gasteiger partial charge in [-0.05, 0) is 18.2 Å². The largest absolute Gasteiger partial charge is 0.361 e. The van der Waals surface area contributed by atoms with E-state index in [0.717, 1.165) is 35.4 Å². The number of hydrogen-bond acceptors (Lipinski definition) is 2. The van der Waals surface area contributed by atoms with Crippen LogP contribution in [0.15, 0.2) is 42.9 Å². The van der Waals surface area contributed by atoms with Gasteiger partial charge in [0.15, 0.2) is 0 Å². The van der Waals surface area contributed by atoms with Crippen LogP contribution < -0.4 is 0 Å². The van der Waals surface area contributed by atoms with E-state index in [2.05, 4.69) is 28.4 Å². The fourth-order valence-corrected chi connectivity index (χ4v) is 3.32. The number of nitrogens with one attached hydrogen (secondary N) is 1. The summed E-state index contributed by atoms with van der Waals surface area (Å²) < 4.78 is 2.21. The maximum Gasteiger partial charge on any atom is 0.254 e. The second-order valence-corrected chi connectivity index (χ2v) is 6.46. The fraction of sp³-hybridized carbons (Fsp3) is 0.333. The van der Waals surface area contributed by atoms with Crippen molar-refractivity contribution < 1.29 is 4.79 Å². The average molecular weight is 308 g/mol. The van der Waals surface area contributed by atoms with E-state index >= 15 is 0 Å². The van der Waals surface area contributed by atoms with Crippen molar-refractivity contribution in [2.45, 2.75) is 25.8 Å². The van der Waals surface area contributed by atoms with E-state index in [9.17, 15) is 4.79 Å². The van der Waals surface area contributed by atoms with Crippen LogP contribution in [0.3, 0.4) is 0 Å². The van der Waals surface area contributed by atoms with Crippen LogP contribution in [0.1, 0.15) is 42.0 Å². The van der Waals surface area contributed by atoms with Crippen LogP contribution in [0.5, 0.6) is 0 Å². The lowest BCUT2D eigenvalue weighted by atomic mass is 10.0. The SMILES string of the molecule is CC(C)c1nccn1C1CN(C(=O)c2cccc3[nH]ccc23)C1. The normalized spacial score (nSPS) is 15.3. The number of fused-ring (bicyclic) bond motifs is 1. The molecule has 1 fully saturated rings. The molecule has 0 radical (unpaired) electrons. The number of hydrogen-bond donors (Lipinski definition) is 1. The molecule has 1 aliphatic heterocycles. The van der Waals surface area contributed by atoms with E-state index in [1.807, 2.05) is 47.8 Å². The molecule has 0 aliphatic carbocycles. The summed E-state index contributed by atoms with van der Waals surface area (Å²) in [7, 11) is 0. The van der Waals surface area contributed by atoms with E-state index in [0.29, 0.717) is 12.0 Å². The highest BCUT2D eigenvalue weighted by Gasteiger charge is 2.34. The van der Waals surface area contributed by atoms with Gasteiger partial charge >= 0.3 is 0 Å². The summed E-state index contributed by atoms with van der Waals surface area (Å²) in [6, 6.07) is 8.13. The van der Waals surface area contributed by atoms with Crippen molar-refractivity contribution in [2.24, 2.45) is 0 Å². The van der Waals surface area contributed by atoms with Crippen molar-refractivity contribution in [3.05, 3.63) is 54.2 Å². The molecule has 0 bridgehead atoms. The summed E-state index contributed by atoms with van der Waals surface area (Å²) in [5, 5.41) is 0.992. The Bertz CT molecular complexity index is 855. The van der Waals surface area contributed by atoms with Crippen molar-refractivity contribution in [3.63, 3.8) is 0 Å². The topological polar surface area (TPSA) is 53.9 Å². The lowest BCUT2D eigenvalue weighted by Crippen LogP contribution is -2.51. The zero-order valence-electron chi connectivity index (χ0n) is 13.4. The first kappa shape index (κ1) is 14.1. The molecular weight excluding hydrogens is 288 g/mol. The average Bonchev–Trinajstić information content (AvgIpc) is 3.13. The minimum absolute atomic E-state index is 0.109. The number of benzene rings is 1. The number of aromatic amines is 1. The number of nitrogens with zero attached hydrogens (tertiary/aromatic N) is 3. The maximum absolute atomic E-state index is 12.8. The van der Waals surface area contributed by atoms with Crippen molar-refractivity contribution in [2.75, 3.05) is 13.1 Å². The Morgan fingerprint density at radius 2 is 2.13 bits per heavy atom. The van der Waals surface area contributed by atoms with Gasteiger partial charge in [0.05, 0.1) is 6.04 Å². The quantitative estimate of drug-likeness (QED) is 0.808. The van der Waals surface area contributed by atoms with Crippen LogP contribution in [0.25, 0.3) is 10.9 Å². The minimum atomic E-state index is 0.109. The van der Waals surface area contributed by atoms with Crippen molar-refractivity contribution in [1.82, 2.24) is 19.4 Å². The van der Waals surface area contributed by atoms with E-state index in [4.69, 9.17) is 0 Å². The number of likely N-dealkylation sites (tertiary alicyclic amines) is 1. The Morgan fingerprint density at radius 1 is 1.30 bits per heavy atom. The summed E-state index contributed by atoms with van der Waals surface area (Å²) in [5.74, 6) is 1.59. The predicted molar refractivity (Wildman–Crippen MR) is 89.6 cm³/mol. The molecule has 0 saturated carbocycles. The molecule has 1 N–H and O–H groups in total. The molecule has 23 heavy (non-hydrogen) atoms. The first-order valence-corrected chi connectivity index (χ1v) is 8.03. The highest BCUT2D eigenvalue weighted by Crippen LogP contribution is 2.28. The highest BCUT2D eigenvalue weighted by molar-refractivity contribution is 6.06. The Kier molecular flexibility index (Phi) is 3.22. The van der Waals surface area contributed by atoms with Crippen molar-refractivity contribution in [1.29, 1.82) is 0 Å². The Morgan fingerprint density at radius 3 is 2.91 bits per heavy atom. The highest BCUT2D eigenvalue weighted by atomic mass is 16.2. The third-order valence-electron chi connectivity index (χ3n) is 4.58. The van der Waals surface area contributed by atoms with Crippen molar-refractivity contribution in [3.8, 4) is 0 Å². The number of H-pyrrole nitrogens is 1. The molecule has 4 rings (SSSR count). The summed E-state index contributed by atoms with van der Waals surface area (Å²) in [4.78, 5) is 22.3. The molecule has 2 aromatic heterocycles. The van der Waals surface area contributed by atoms with E-state index in [1.54, 1.807) is 0 Å². The maximum atomic E-state index is 12.8. The van der Waals surface area contributed by atoms with Crippen LogP contribution in [-0.4, -0.2) is 38.4 Å². The lowest BCUT2D eigenvalue weighted by molar-refractivity contribution is 0.0517. The van der Waals surface area contributed by atoms with Crippen LogP contribution in [0.2, 0.25) is 0 Å². The molecule has 0 atom stereocenters. The molecule has 3 aromatic rings. The van der Waals surface area contributed by atoms with Gasteiger partial charge in [0.2, 0.25) is 0 Å². The van der Waals surface area contributed by atoms with Crippen LogP contribution in [0, 0.1) is 0 Å². The third kappa shape index (κ3) is 2.23. The fourth-order valence-electron chi connectivity index (χ4n) is 3.32. The molecule has 0 unspecified atom stereocenters. The first-order chi connectivity index (χ1) is 11.1. The Hall–Kier alpha value is -2.56. The molecule has 3 heterocycles. The monoisotopic (exact) mass is 308 g/mol. The summed E-state index contributed by atoms with van der Waals surface area (Å²) in [5.41, 5.74) is 1.78. The molecule has 1 amide bonds. The Balaban J connectivity index is 1.53. The van der Waals surface area contributed by atoms with Gasteiger partial charge in [0, 0.05) is 54.1 Å². The van der Waals surface area contributed by atoms with Gasteiger partial charge in [-0.3, -0.25) is 4.79 Å². The van der Waals surface area contributed by atoms with Crippen LogP contribution >= 0.6 is 0 Å². The predicted octanol–water partition coefficient (Wildman–Crippen LogP) is 3.18. The number of amides is 1. The van der Waals surface area contributed by atoms with E-state index in [1.165, 1.54) is 0 Å². The smallest absolute Gasteiger partial charge is 0.254 e. The molecule has 1 aromatic carbocycles. The second kappa shape index (κ2) is 5.26. The Labute approximate surface area is 134 Å². The number of carbonyl (C=O) groups is 1. The summed E-state index contributed by atoms with van der Waals surface area (Å²) >= 11 is 0. The molecule has 1 saturated heterocycles. The minimum Gasteiger partial charge on any atom is -0.361 e. The second-order valence-electron chi connectivity index (χ2n) is 6.46. The zero-order valence-corrected chi connectivity index (χ0v) is 13.4. The van der Waals surface area contributed by atoms with Gasteiger partial charge in [0.1, 0.15) is 5.82 Å². The number of aromatic nitrogens is 3. The molecule has 0 spiro atoms. The molecule has 5 heteroatoms. The van der Waals surface area contributed by atoms with E-state index < -0.39 is 0 Å². The van der Waals surface area contributed by atoms with Gasteiger partial charge in [-0.25, -0.2) is 4.98 Å². The number of imidazole rings is 1. The van der Waals surface area contributed by atoms with Gasteiger partial charge in [-0.15, -0.1) is 0 Å². The van der Waals surface area contributed by atoms with Gasteiger partial charge in [-0.1, -0.05) is 19.9 Å². The molecule has 118 valence electrons. The molecular formula is C18H20N4O. The first-order valence-electron chi connectivity index (χ1n) is 8.03. The lowest BCUT2D eigenvalue weighted by Gasteiger charge is -2.41. The third-order valence-corrected chi connectivity index (χ3v) is 4.58. The van der Waals surface area contributed by atoms with Gasteiger partial charge < -0.3 is 14.5 Å². The van der Waals surface area contributed by atoms with E-state index in [-0.39, 0.29) is 5.91 Å². The van der Waals surface area contributed by atoms with Gasteiger partial charge in [0.25, 0.3) is 5.91 Å². The summed E-state index contributed by atoms with van der Waals surface area (Å²) in [6.45, 7) is 5.78. The van der Waals surface area contributed by atoms with Gasteiger partial charge in [-0.2, -0.15) is 0 Å². The summed E-state index contributed by atoms with van der Waals surface area (Å²) in [6.07, 6.45) is 5.75. The number of carbonyl (C=O) groups excluding carboxylic acids is 1. The molecule has 1 aliphatic rings. The standard InChI is InChI=1S/C18H20N4O/c1-12(2)17-20-8-9-22(17)13-10-21(11-13)18(23)15-4-3-5-16-14(15)6-7-19-16/h3-9,12-13,19H,10-11H2,1-2H3.